The van der Waals surface area contributed by atoms with E-state index < -0.39 is 0 Å². The van der Waals surface area contributed by atoms with Crippen molar-refractivity contribution in [1.29, 1.82) is 0 Å². The number of hydrogen-bond donors (Lipinski definition) is 1. The Hall–Kier alpha value is -0.510. The van der Waals surface area contributed by atoms with Crippen LogP contribution in [0.2, 0.25) is 0 Å². The third-order valence-corrected chi connectivity index (χ3v) is 2.69. The van der Waals surface area contributed by atoms with Crippen LogP contribution in [0.1, 0.15) is 32.6 Å². The van der Waals surface area contributed by atoms with Crippen molar-refractivity contribution in [2.75, 3.05) is 26.1 Å². The van der Waals surface area contributed by atoms with Gasteiger partial charge in [-0.3, -0.25) is 9.98 Å². The molecule has 0 fully saturated rings. The summed E-state index contributed by atoms with van der Waals surface area (Å²) in [5.74, 6) is 2.99. The molecule has 0 spiro atoms. The van der Waals surface area contributed by atoms with Crippen molar-refractivity contribution in [3.8, 4) is 0 Å². The minimum Gasteiger partial charge on any atom is -0.332 e. The molecular weight excluding hydrogens is 206 g/mol. The maximum atomic E-state index is 4.25. The maximum absolute atomic E-state index is 4.25. The summed E-state index contributed by atoms with van der Waals surface area (Å²) in [6.45, 7) is 2.21. The molecule has 0 aliphatic rings. The summed E-state index contributed by atoms with van der Waals surface area (Å²) in [4.78, 5) is 8.44. The maximum Gasteiger partial charge on any atom is 0.111 e. The molecule has 0 atom stereocenters. The summed E-state index contributed by atoms with van der Waals surface area (Å²) in [7, 11) is 3.65. The predicted octanol–water partition coefficient (Wildman–Crippen LogP) is 2.58. The quantitative estimate of drug-likeness (QED) is 0.432. The zero-order valence-electron chi connectivity index (χ0n) is 10.3. The number of nitrogens with one attached hydrogen (secondary N) is 1. The van der Waals surface area contributed by atoms with Crippen molar-refractivity contribution >= 4 is 23.4 Å². The molecule has 88 valence electrons. The molecule has 0 aromatic carbocycles. The zero-order valence-corrected chi connectivity index (χ0v) is 11.2. The molecule has 0 aliphatic heterocycles. The summed E-state index contributed by atoms with van der Waals surface area (Å²) in [6.07, 6.45) is 6.81. The van der Waals surface area contributed by atoms with Gasteiger partial charge < -0.3 is 5.32 Å². The molecule has 15 heavy (non-hydrogen) atoms. The van der Waals surface area contributed by atoms with Crippen molar-refractivity contribution in [3.63, 3.8) is 0 Å². The molecule has 1 N–H and O–H groups in total. The van der Waals surface area contributed by atoms with Crippen LogP contribution in [0.5, 0.6) is 0 Å². The molecule has 0 aromatic rings. The van der Waals surface area contributed by atoms with Gasteiger partial charge in [-0.05, 0) is 12.7 Å². The van der Waals surface area contributed by atoms with Crippen LogP contribution >= 0.6 is 11.8 Å². The Balaban J connectivity index is 3.98. The predicted molar refractivity (Wildman–Crippen MR) is 72.4 cm³/mol. The highest BCUT2D eigenvalue weighted by atomic mass is 32.2. The summed E-state index contributed by atoms with van der Waals surface area (Å²) in [5, 5.41) is 3.29. The monoisotopic (exact) mass is 229 g/mol. The Bertz CT molecular complexity index is 212. The van der Waals surface area contributed by atoms with Crippen molar-refractivity contribution < 1.29 is 0 Å². The lowest BCUT2D eigenvalue weighted by Gasteiger charge is -2.10. The Kier molecular flexibility index (Phi) is 9.68. The zero-order chi connectivity index (χ0) is 11.5. The number of hydrogen-bond acceptors (Lipinski definition) is 3. The third kappa shape index (κ3) is 7.42. The van der Waals surface area contributed by atoms with E-state index >= 15 is 0 Å². The fourth-order valence-electron chi connectivity index (χ4n) is 1.23. The van der Waals surface area contributed by atoms with Gasteiger partial charge in [0.2, 0.25) is 0 Å². The molecule has 0 aromatic heterocycles. The summed E-state index contributed by atoms with van der Waals surface area (Å²) < 4.78 is 0. The minimum atomic E-state index is 0.920. The van der Waals surface area contributed by atoms with E-state index in [4.69, 9.17) is 0 Å². The average Bonchev–Trinajstić information content (AvgIpc) is 2.26. The first-order chi connectivity index (χ1) is 7.28. The molecule has 0 amide bonds. The molecule has 0 radical (unpaired) electrons. The van der Waals surface area contributed by atoms with E-state index in [2.05, 4.69) is 28.5 Å². The fraction of sp³-hybridized carbons (Fsp3) is 0.818. The summed E-state index contributed by atoms with van der Waals surface area (Å²) in [5.41, 5.74) is 0. The van der Waals surface area contributed by atoms with Gasteiger partial charge in [0.15, 0.2) is 0 Å². The average molecular weight is 229 g/mol. The topological polar surface area (TPSA) is 36.8 Å². The molecule has 0 aliphatic carbocycles. The van der Waals surface area contributed by atoms with Crippen LogP contribution in [-0.4, -0.2) is 37.8 Å². The molecule has 0 rings (SSSR count). The van der Waals surface area contributed by atoms with Crippen molar-refractivity contribution in [3.05, 3.63) is 0 Å². The van der Waals surface area contributed by atoms with Gasteiger partial charge in [-0.25, -0.2) is 0 Å². The normalized spacial score (nSPS) is 13.1. The molecule has 0 saturated carbocycles. The number of unbranched alkanes of at least 4 members (excludes halogenated alkanes) is 2. The number of rotatable bonds is 6. The van der Waals surface area contributed by atoms with Crippen LogP contribution in [0, 0.1) is 0 Å². The van der Waals surface area contributed by atoms with Crippen LogP contribution in [-0.2, 0) is 0 Å². The molecule has 4 heteroatoms. The Morgan fingerprint density at radius 1 is 1.13 bits per heavy atom. The van der Waals surface area contributed by atoms with Gasteiger partial charge >= 0.3 is 0 Å². The lowest BCUT2D eigenvalue weighted by atomic mass is 10.2. The Morgan fingerprint density at radius 3 is 2.27 bits per heavy atom. The SMILES string of the molecule is CCCCCC(=NC)NC(CSC)=NC. The molecule has 3 nitrogen and oxygen atoms in total. The van der Waals surface area contributed by atoms with E-state index in [9.17, 15) is 0 Å². The van der Waals surface area contributed by atoms with Crippen LogP contribution in [0.4, 0.5) is 0 Å². The molecule has 0 unspecified atom stereocenters. The van der Waals surface area contributed by atoms with Gasteiger partial charge in [0.05, 0.1) is 5.75 Å². The van der Waals surface area contributed by atoms with Crippen LogP contribution in [0.3, 0.4) is 0 Å². The van der Waals surface area contributed by atoms with E-state index in [0.717, 1.165) is 23.8 Å². The van der Waals surface area contributed by atoms with Crippen molar-refractivity contribution in [2.24, 2.45) is 9.98 Å². The number of thioether (sulfide) groups is 1. The van der Waals surface area contributed by atoms with Gasteiger partial charge in [-0.1, -0.05) is 19.8 Å². The summed E-state index contributed by atoms with van der Waals surface area (Å²) >= 11 is 1.77. The van der Waals surface area contributed by atoms with Crippen molar-refractivity contribution in [2.45, 2.75) is 32.6 Å². The van der Waals surface area contributed by atoms with Gasteiger partial charge in [-0.15, -0.1) is 0 Å². The van der Waals surface area contributed by atoms with E-state index in [1.165, 1.54) is 19.3 Å². The number of aliphatic imine (C=N–C) groups is 2. The van der Waals surface area contributed by atoms with E-state index in [1.54, 1.807) is 11.8 Å². The lowest BCUT2D eigenvalue weighted by molar-refractivity contribution is 0.736. The first-order valence-electron chi connectivity index (χ1n) is 5.45. The highest BCUT2D eigenvalue weighted by Gasteiger charge is 2.02. The minimum absolute atomic E-state index is 0.920. The fourth-order valence-corrected chi connectivity index (χ4v) is 1.71. The van der Waals surface area contributed by atoms with Gasteiger partial charge in [0.1, 0.15) is 11.7 Å². The molecule has 0 bridgehead atoms. The molecular formula is C11H23N3S. The van der Waals surface area contributed by atoms with E-state index in [1.807, 2.05) is 14.1 Å². The second-order valence-corrected chi connectivity index (χ2v) is 4.22. The van der Waals surface area contributed by atoms with Gasteiger partial charge in [0.25, 0.3) is 0 Å². The second kappa shape index (κ2) is 10.0. The first-order valence-corrected chi connectivity index (χ1v) is 6.85. The highest BCUT2D eigenvalue weighted by Crippen LogP contribution is 2.00. The van der Waals surface area contributed by atoms with Crippen LogP contribution < -0.4 is 5.32 Å². The Labute approximate surface area is 97.9 Å². The van der Waals surface area contributed by atoms with E-state index in [0.29, 0.717) is 0 Å². The van der Waals surface area contributed by atoms with Crippen LogP contribution in [0.25, 0.3) is 0 Å². The third-order valence-electron chi connectivity index (χ3n) is 2.13. The summed E-state index contributed by atoms with van der Waals surface area (Å²) in [6, 6.07) is 0. The van der Waals surface area contributed by atoms with Gasteiger partial charge in [-0.2, -0.15) is 11.8 Å². The molecule has 0 heterocycles. The smallest absolute Gasteiger partial charge is 0.111 e. The molecule has 0 saturated heterocycles. The lowest BCUT2D eigenvalue weighted by Crippen LogP contribution is -2.32. The van der Waals surface area contributed by atoms with E-state index in [-0.39, 0.29) is 0 Å². The van der Waals surface area contributed by atoms with Crippen molar-refractivity contribution in [1.82, 2.24) is 5.32 Å². The number of nitrogens with zero attached hydrogens (tertiary/aromatic N) is 2. The van der Waals surface area contributed by atoms with Gasteiger partial charge in [0, 0.05) is 20.5 Å². The Morgan fingerprint density at radius 2 is 1.80 bits per heavy atom. The first kappa shape index (κ1) is 14.5. The second-order valence-electron chi connectivity index (χ2n) is 3.36. The standard InChI is InChI=1S/C11H23N3S/c1-5-6-7-8-10(12-2)14-11(13-3)9-15-4/h5-9H2,1-4H3,(H,12,13,14). The highest BCUT2D eigenvalue weighted by molar-refractivity contribution is 7.99. The largest absolute Gasteiger partial charge is 0.332 e. The number of amidine groups is 2. The van der Waals surface area contributed by atoms with Crippen LogP contribution in [0.15, 0.2) is 9.98 Å².